The van der Waals surface area contributed by atoms with Crippen molar-refractivity contribution in [2.75, 3.05) is 18.4 Å². The SMILES string of the molecule is N[C@H]1CCCN(Cc2cc(NC(=O)c3cc(-c4ccccc4)ccn3)cc(-n3cnc(C(F)(F)F)c3)c2)C1. The first-order valence-electron chi connectivity index (χ1n) is 12.3. The number of nitrogens with one attached hydrogen (secondary N) is 1. The van der Waals surface area contributed by atoms with Crippen LogP contribution in [0.4, 0.5) is 18.9 Å². The molecule has 196 valence electrons. The third kappa shape index (κ3) is 6.09. The Morgan fingerprint density at radius 3 is 2.61 bits per heavy atom. The monoisotopic (exact) mass is 520 g/mol. The molecule has 4 aromatic rings. The lowest BCUT2D eigenvalue weighted by Gasteiger charge is -2.30. The predicted molar refractivity (Wildman–Crippen MR) is 139 cm³/mol. The number of nitrogens with two attached hydrogens (primary N) is 1. The minimum absolute atomic E-state index is 0.0806. The van der Waals surface area contributed by atoms with Gasteiger partial charge in [-0.2, -0.15) is 13.2 Å². The van der Waals surface area contributed by atoms with Crippen LogP contribution >= 0.6 is 0 Å². The number of carbonyl (C=O) groups excluding carboxylic acids is 1. The van der Waals surface area contributed by atoms with E-state index in [4.69, 9.17) is 5.73 Å². The molecule has 0 unspecified atom stereocenters. The summed E-state index contributed by atoms with van der Waals surface area (Å²) < 4.78 is 40.8. The molecule has 0 radical (unpaired) electrons. The molecule has 0 bridgehead atoms. The first-order chi connectivity index (χ1) is 18.2. The van der Waals surface area contributed by atoms with Gasteiger partial charge in [0.05, 0.1) is 6.33 Å². The lowest BCUT2D eigenvalue weighted by molar-refractivity contribution is -0.140. The molecule has 3 heterocycles. The molecular formula is C28H27F3N6O. The van der Waals surface area contributed by atoms with Crippen molar-refractivity contribution in [1.29, 1.82) is 0 Å². The molecule has 7 nitrogen and oxygen atoms in total. The summed E-state index contributed by atoms with van der Waals surface area (Å²) in [5, 5.41) is 2.87. The van der Waals surface area contributed by atoms with Gasteiger partial charge in [0, 0.05) is 42.9 Å². The van der Waals surface area contributed by atoms with E-state index in [1.54, 1.807) is 24.4 Å². The number of anilines is 1. The molecule has 5 rings (SSSR count). The molecule has 2 aromatic heterocycles. The lowest BCUT2D eigenvalue weighted by Crippen LogP contribution is -2.42. The van der Waals surface area contributed by atoms with Crippen LogP contribution in [0.5, 0.6) is 0 Å². The van der Waals surface area contributed by atoms with E-state index in [0.717, 1.165) is 55.1 Å². The van der Waals surface area contributed by atoms with E-state index in [9.17, 15) is 18.0 Å². The maximum atomic E-state index is 13.2. The van der Waals surface area contributed by atoms with Crippen molar-refractivity contribution in [3.8, 4) is 16.8 Å². The molecule has 1 aliphatic heterocycles. The maximum absolute atomic E-state index is 13.2. The fourth-order valence-electron chi connectivity index (χ4n) is 4.65. The number of carbonyl (C=O) groups is 1. The highest BCUT2D eigenvalue weighted by atomic mass is 19.4. The Hall–Kier alpha value is -4.02. The van der Waals surface area contributed by atoms with Gasteiger partial charge < -0.3 is 15.6 Å². The Kier molecular flexibility index (Phi) is 7.26. The average molecular weight is 521 g/mol. The van der Waals surface area contributed by atoms with Crippen molar-refractivity contribution in [2.24, 2.45) is 5.73 Å². The number of rotatable bonds is 6. The zero-order chi connectivity index (χ0) is 26.7. The third-order valence-corrected chi connectivity index (χ3v) is 6.45. The molecule has 3 N–H and O–H groups in total. The molecule has 2 aromatic carbocycles. The molecular weight excluding hydrogens is 493 g/mol. The van der Waals surface area contributed by atoms with Crippen LogP contribution in [0.3, 0.4) is 0 Å². The first kappa shape index (κ1) is 25.6. The van der Waals surface area contributed by atoms with Gasteiger partial charge in [0.1, 0.15) is 5.69 Å². The summed E-state index contributed by atoms with van der Waals surface area (Å²) >= 11 is 0. The molecule has 1 saturated heterocycles. The van der Waals surface area contributed by atoms with Gasteiger partial charge in [0.2, 0.25) is 0 Å². The van der Waals surface area contributed by atoms with Crippen molar-refractivity contribution < 1.29 is 18.0 Å². The van der Waals surface area contributed by atoms with Crippen molar-refractivity contribution in [2.45, 2.75) is 31.6 Å². The van der Waals surface area contributed by atoms with Crippen LogP contribution in [0.25, 0.3) is 16.8 Å². The van der Waals surface area contributed by atoms with Crippen LogP contribution in [0.15, 0.2) is 79.4 Å². The van der Waals surface area contributed by atoms with Gasteiger partial charge in [-0.25, -0.2) is 4.98 Å². The summed E-state index contributed by atoms with van der Waals surface area (Å²) in [6.45, 7) is 2.15. The summed E-state index contributed by atoms with van der Waals surface area (Å²) in [6.07, 6.45) is 1.01. The van der Waals surface area contributed by atoms with Crippen molar-refractivity contribution >= 4 is 11.6 Å². The van der Waals surface area contributed by atoms with Gasteiger partial charge in [0.25, 0.3) is 5.91 Å². The number of pyridine rings is 1. The lowest BCUT2D eigenvalue weighted by atomic mass is 10.0. The minimum atomic E-state index is -4.56. The molecule has 0 spiro atoms. The Morgan fingerprint density at radius 1 is 1.05 bits per heavy atom. The highest BCUT2D eigenvalue weighted by molar-refractivity contribution is 6.03. The number of aromatic nitrogens is 3. The highest BCUT2D eigenvalue weighted by Gasteiger charge is 2.33. The topological polar surface area (TPSA) is 89.1 Å². The molecule has 38 heavy (non-hydrogen) atoms. The van der Waals surface area contributed by atoms with Crippen LogP contribution in [0, 0.1) is 0 Å². The zero-order valence-electron chi connectivity index (χ0n) is 20.5. The molecule has 1 aliphatic rings. The van der Waals surface area contributed by atoms with Gasteiger partial charge in [-0.3, -0.25) is 14.7 Å². The molecule has 1 amide bonds. The van der Waals surface area contributed by atoms with Crippen LogP contribution in [0.1, 0.15) is 34.6 Å². The van der Waals surface area contributed by atoms with E-state index < -0.39 is 17.8 Å². The Bertz CT molecular complexity index is 1420. The van der Waals surface area contributed by atoms with E-state index in [0.29, 0.717) is 17.9 Å². The number of halogens is 3. The number of imidazole rings is 1. The van der Waals surface area contributed by atoms with Crippen LogP contribution in [-0.2, 0) is 12.7 Å². The number of likely N-dealkylation sites (tertiary alicyclic amines) is 1. The zero-order valence-corrected chi connectivity index (χ0v) is 20.5. The molecule has 10 heteroatoms. The van der Waals surface area contributed by atoms with Crippen LogP contribution < -0.4 is 11.1 Å². The normalized spacial score (nSPS) is 16.4. The predicted octanol–water partition coefficient (Wildman–Crippen LogP) is 5.13. The van der Waals surface area contributed by atoms with Gasteiger partial charge in [-0.05, 0) is 66.4 Å². The average Bonchev–Trinajstić information content (AvgIpc) is 3.41. The fraction of sp³-hybridized carbons (Fsp3) is 0.250. The van der Waals surface area contributed by atoms with Gasteiger partial charge in [-0.1, -0.05) is 30.3 Å². The summed E-state index contributed by atoms with van der Waals surface area (Å²) in [7, 11) is 0. The molecule has 1 atom stereocenters. The van der Waals surface area contributed by atoms with Crippen LogP contribution in [0.2, 0.25) is 0 Å². The smallest absolute Gasteiger partial charge is 0.327 e. The number of benzene rings is 2. The van der Waals surface area contributed by atoms with E-state index in [1.807, 2.05) is 42.5 Å². The fourth-order valence-corrected chi connectivity index (χ4v) is 4.65. The van der Waals surface area contributed by atoms with E-state index >= 15 is 0 Å². The second-order valence-electron chi connectivity index (χ2n) is 9.44. The van der Waals surface area contributed by atoms with Gasteiger partial charge in [0.15, 0.2) is 5.69 Å². The second kappa shape index (κ2) is 10.8. The quantitative estimate of drug-likeness (QED) is 0.368. The summed E-state index contributed by atoms with van der Waals surface area (Å²) in [5.41, 5.74) is 8.90. The standard InChI is InChI=1S/C28H27F3N6O/c29-28(30,31)26-17-37(18-34-26)24-12-19(15-36-10-4-7-22(32)16-36)11-23(14-24)35-27(38)25-13-21(8-9-33-25)20-5-2-1-3-6-20/h1-3,5-6,8-9,11-14,17-18,22H,4,7,10,15-16,32H2,(H,35,38)/t22-/m0/s1. The van der Waals surface area contributed by atoms with E-state index in [1.165, 1.54) is 4.57 Å². The highest BCUT2D eigenvalue weighted by Crippen LogP contribution is 2.29. The first-order valence-corrected chi connectivity index (χ1v) is 12.3. The number of nitrogens with zero attached hydrogens (tertiary/aromatic N) is 4. The second-order valence-corrected chi connectivity index (χ2v) is 9.44. The number of amides is 1. The largest absolute Gasteiger partial charge is 0.434 e. The molecule has 1 fully saturated rings. The number of piperidine rings is 1. The number of hydrogen-bond donors (Lipinski definition) is 2. The Morgan fingerprint density at radius 2 is 1.87 bits per heavy atom. The third-order valence-electron chi connectivity index (χ3n) is 6.45. The molecule has 0 saturated carbocycles. The summed E-state index contributed by atoms with van der Waals surface area (Å²) in [5.74, 6) is -0.424. The van der Waals surface area contributed by atoms with Crippen LogP contribution in [-0.4, -0.2) is 44.5 Å². The van der Waals surface area contributed by atoms with Gasteiger partial charge in [-0.15, -0.1) is 0 Å². The number of hydrogen-bond acceptors (Lipinski definition) is 5. The Labute approximate surface area is 218 Å². The summed E-state index contributed by atoms with van der Waals surface area (Å²) in [4.78, 5) is 23.1. The molecule has 0 aliphatic carbocycles. The van der Waals surface area contributed by atoms with Crippen molar-refractivity contribution in [1.82, 2.24) is 19.4 Å². The maximum Gasteiger partial charge on any atom is 0.434 e. The van der Waals surface area contributed by atoms with Gasteiger partial charge >= 0.3 is 6.18 Å². The Balaban J connectivity index is 1.44. The van der Waals surface area contributed by atoms with E-state index in [-0.39, 0.29) is 11.7 Å². The van der Waals surface area contributed by atoms with Crippen molar-refractivity contribution in [3.63, 3.8) is 0 Å². The number of alkyl halides is 3. The van der Waals surface area contributed by atoms with E-state index in [2.05, 4.69) is 20.2 Å². The minimum Gasteiger partial charge on any atom is -0.327 e. The summed E-state index contributed by atoms with van der Waals surface area (Å²) in [6, 6.07) is 18.5. The van der Waals surface area contributed by atoms with Crippen molar-refractivity contribution in [3.05, 3.63) is 96.3 Å².